The Balaban J connectivity index is 2.20. The molecule has 2 rings (SSSR count). The zero-order valence-electron chi connectivity index (χ0n) is 10.4. The van der Waals surface area contributed by atoms with Crippen molar-refractivity contribution in [3.05, 3.63) is 59.1 Å². The van der Waals surface area contributed by atoms with E-state index in [9.17, 15) is 0 Å². The summed E-state index contributed by atoms with van der Waals surface area (Å²) in [6.45, 7) is 3.89. The van der Waals surface area contributed by atoms with Gasteiger partial charge in [0, 0.05) is 29.5 Å². The second kappa shape index (κ2) is 5.78. The van der Waals surface area contributed by atoms with Crippen LogP contribution in [-0.2, 0) is 6.54 Å². The Labute approximate surface area is 113 Å². The van der Waals surface area contributed by atoms with Crippen LogP contribution in [0.4, 0.5) is 11.4 Å². The van der Waals surface area contributed by atoms with E-state index in [0.717, 1.165) is 18.7 Å². The molecule has 2 N–H and O–H groups in total. The highest BCUT2D eigenvalue weighted by atomic mass is 35.5. The molecule has 0 heterocycles. The molecule has 0 bridgehead atoms. The summed E-state index contributed by atoms with van der Waals surface area (Å²) in [5.41, 5.74) is 8.86. The summed E-state index contributed by atoms with van der Waals surface area (Å²) in [7, 11) is 0. The van der Waals surface area contributed by atoms with E-state index in [1.807, 2.05) is 30.3 Å². The van der Waals surface area contributed by atoms with Gasteiger partial charge in [0.1, 0.15) is 0 Å². The van der Waals surface area contributed by atoms with Crippen molar-refractivity contribution < 1.29 is 0 Å². The van der Waals surface area contributed by atoms with Gasteiger partial charge in [-0.15, -0.1) is 0 Å². The van der Waals surface area contributed by atoms with Crippen molar-refractivity contribution in [1.29, 1.82) is 0 Å². The third-order valence-electron chi connectivity index (χ3n) is 2.86. The van der Waals surface area contributed by atoms with Gasteiger partial charge in [-0.05, 0) is 42.8 Å². The van der Waals surface area contributed by atoms with Gasteiger partial charge in [0.25, 0.3) is 0 Å². The lowest BCUT2D eigenvalue weighted by atomic mass is 10.1. The molecule has 0 unspecified atom stereocenters. The van der Waals surface area contributed by atoms with Crippen LogP contribution in [0.3, 0.4) is 0 Å². The standard InChI is InChI=1S/C15H17ClN2/c1-2-18(15-6-4-3-5-7-15)11-12-8-13(16)10-14(17)9-12/h3-10H,2,11,17H2,1H3. The molecule has 0 aliphatic heterocycles. The number of nitrogens with zero attached hydrogens (tertiary/aromatic N) is 1. The molecule has 0 saturated carbocycles. The van der Waals surface area contributed by atoms with Gasteiger partial charge in [-0.25, -0.2) is 0 Å². The quantitative estimate of drug-likeness (QED) is 0.844. The van der Waals surface area contributed by atoms with Crippen molar-refractivity contribution >= 4 is 23.0 Å². The summed E-state index contributed by atoms with van der Waals surface area (Å²) in [6, 6.07) is 16.0. The highest BCUT2D eigenvalue weighted by Crippen LogP contribution is 2.21. The minimum Gasteiger partial charge on any atom is -0.399 e. The molecule has 0 aromatic heterocycles. The van der Waals surface area contributed by atoms with Gasteiger partial charge < -0.3 is 10.6 Å². The van der Waals surface area contributed by atoms with Crippen LogP contribution in [-0.4, -0.2) is 6.54 Å². The first kappa shape index (κ1) is 12.8. The Morgan fingerprint density at radius 3 is 2.44 bits per heavy atom. The molecule has 2 aromatic carbocycles. The van der Waals surface area contributed by atoms with E-state index >= 15 is 0 Å². The van der Waals surface area contributed by atoms with Crippen LogP contribution < -0.4 is 10.6 Å². The molecule has 2 aromatic rings. The molecule has 0 aliphatic rings. The average Bonchev–Trinajstić information content (AvgIpc) is 2.36. The van der Waals surface area contributed by atoms with Gasteiger partial charge in [0.15, 0.2) is 0 Å². The minimum absolute atomic E-state index is 0.689. The summed E-state index contributed by atoms with van der Waals surface area (Å²) in [4.78, 5) is 2.28. The fourth-order valence-electron chi connectivity index (χ4n) is 2.01. The summed E-state index contributed by atoms with van der Waals surface area (Å²) in [5, 5.41) is 0.689. The average molecular weight is 261 g/mol. The van der Waals surface area contributed by atoms with Crippen molar-refractivity contribution in [3.8, 4) is 0 Å². The highest BCUT2D eigenvalue weighted by Gasteiger charge is 2.06. The van der Waals surface area contributed by atoms with Gasteiger partial charge >= 0.3 is 0 Å². The first-order valence-electron chi connectivity index (χ1n) is 6.04. The molecular weight excluding hydrogens is 244 g/mol. The van der Waals surface area contributed by atoms with E-state index in [1.54, 1.807) is 6.07 Å². The summed E-state index contributed by atoms with van der Waals surface area (Å²) in [6.07, 6.45) is 0. The first-order valence-corrected chi connectivity index (χ1v) is 6.42. The lowest BCUT2D eigenvalue weighted by molar-refractivity contribution is 0.832. The zero-order valence-corrected chi connectivity index (χ0v) is 11.2. The highest BCUT2D eigenvalue weighted by molar-refractivity contribution is 6.30. The Kier molecular flexibility index (Phi) is 4.11. The molecule has 0 amide bonds. The molecule has 3 heteroatoms. The minimum atomic E-state index is 0.689. The lowest BCUT2D eigenvalue weighted by Crippen LogP contribution is -2.21. The maximum Gasteiger partial charge on any atom is 0.0430 e. The van der Waals surface area contributed by atoms with Gasteiger partial charge in [-0.1, -0.05) is 29.8 Å². The van der Waals surface area contributed by atoms with Crippen molar-refractivity contribution in [3.63, 3.8) is 0 Å². The van der Waals surface area contributed by atoms with Gasteiger partial charge in [-0.3, -0.25) is 0 Å². The molecule has 0 radical (unpaired) electrons. The van der Waals surface area contributed by atoms with Crippen LogP contribution in [0.5, 0.6) is 0 Å². The molecule has 18 heavy (non-hydrogen) atoms. The Morgan fingerprint density at radius 1 is 1.11 bits per heavy atom. The lowest BCUT2D eigenvalue weighted by Gasteiger charge is -2.23. The molecule has 0 aliphatic carbocycles. The van der Waals surface area contributed by atoms with Crippen LogP contribution in [0.2, 0.25) is 5.02 Å². The van der Waals surface area contributed by atoms with E-state index in [0.29, 0.717) is 10.7 Å². The largest absolute Gasteiger partial charge is 0.399 e. The topological polar surface area (TPSA) is 29.3 Å². The fraction of sp³-hybridized carbons (Fsp3) is 0.200. The molecule has 0 spiro atoms. The third kappa shape index (κ3) is 3.17. The van der Waals surface area contributed by atoms with Gasteiger partial charge in [0.05, 0.1) is 0 Å². The maximum atomic E-state index is 6.02. The molecule has 0 saturated heterocycles. The molecular formula is C15H17ClN2. The SMILES string of the molecule is CCN(Cc1cc(N)cc(Cl)c1)c1ccccc1. The normalized spacial score (nSPS) is 10.3. The second-order valence-corrected chi connectivity index (χ2v) is 4.68. The Morgan fingerprint density at radius 2 is 1.83 bits per heavy atom. The summed E-state index contributed by atoms with van der Waals surface area (Å²) < 4.78 is 0. The van der Waals surface area contributed by atoms with Crippen LogP contribution >= 0.6 is 11.6 Å². The maximum absolute atomic E-state index is 6.02. The van der Waals surface area contributed by atoms with Crippen molar-refractivity contribution in [1.82, 2.24) is 0 Å². The number of para-hydroxylation sites is 1. The number of rotatable bonds is 4. The van der Waals surface area contributed by atoms with Crippen LogP contribution in [0.15, 0.2) is 48.5 Å². The van der Waals surface area contributed by atoms with Crippen molar-refractivity contribution in [2.75, 3.05) is 17.2 Å². The van der Waals surface area contributed by atoms with E-state index in [1.165, 1.54) is 5.69 Å². The number of hydrogen-bond donors (Lipinski definition) is 1. The van der Waals surface area contributed by atoms with Crippen LogP contribution in [0, 0.1) is 0 Å². The van der Waals surface area contributed by atoms with Crippen LogP contribution in [0.1, 0.15) is 12.5 Å². The van der Waals surface area contributed by atoms with E-state index in [-0.39, 0.29) is 0 Å². The van der Waals surface area contributed by atoms with Gasteiger partial charge in [0.2, 0.25) is 0 Å². The van der Waals surface area contributed by atoms with Gasteiger partial charge in [-0.2, -0.15) is 0 Å². The smallest absolute Gasteiger partial charge is 0.0430 e. The first-order chi connectivity index (χ1) is 8.69. The zero-order chi connectivity index (χ0) is 13.0. The number of benzene rings is 2. The number of hydrogen-bond acceptors (Lipinski definition) is 2. The third-order valence-corrected chi connectivity index (χ3v) is 3.07. The van der Waals surface area contributed by atoms with Crippen molar-refractivity contribution in [2.45, 2.75) is 13.5 Å². The van der Waals surface area contributed by atoms with Crippen molar-refractivity contribution in [2.24, 2.45) is 0 Å². The Bertz CT molecular complexity index is 491. The number of nitrogens with two attached hydrogens (primary N) is 1. The molecule has 2 nitrogen and oxygen atoms in total. The molecule has 0 fully saturated rings. The number of anilines is 2. The molecule has 0 atom stereocenters. The number of nitrogen functional groups attached to an aromatic ring is 1. The predicted molar refractivity (Wildman–Crippen MR) is 79.0 cm³/mol. The van der Waals surface area contributed by atoms with E-state index in [2.05, 4.69) is 24.0 Å². The Hall–Kier alpha value is -1.67. The number of halogens is 1. The second-order valence-electron chi connectivity index (χ2n) is 4.24. The van der Waals surface area contributed by atoms with E-state index < -0.39 is 0 Å². The van der Waals surface area contributed by atoms with E-state index in [4.69, 9.17) is 17.3 Å². The summed E-state index contributed by atoms with van der Waals surface area (Å²) in [5.74, 6) is 0. The summed E-state index contributed by atoms with van der Waals surface area (Å²) >= 11 is 6.02. The fourth-order valence-corrected chi connectivity index (χ4v) is 2.28. The molecule has 94 valence electrons. The van der Waals surface area contributed by atoms with Crippen LogP contribution in [0.25, 0.3) is 0 Å². The monoisotopic (exact) mass is 260 g/mol. The predicted octanol–water partition coefficient (Wildman–Crippen LogP) is 3.95.